The molecule has 0 fully saturated rings. The van der Waals surface area contributed by atoms with Crippen molar-refractivity contribution in [1.82, 2.24) is 4.98 Å². The maximum atomic E-state index is 4.71. The van der Waals surface area contributed by atoms with Crippen molar-refractivity contribution in [2.24, 2.45) is 0 Å². The van der Waals surface area contributed by atoms with Gasteiger partial charge in [-0.05, 0) is 33.0 Å². The molecule has 0 radical (unpaired) electrons. The molecule has 5 aromatic rings. The third kappa shape index (κ3) is 1.51. The molecule has 0 amide bonds. The molecule has 0 aliphatic rings. The van der Waals surface area contributed by atoms with Crippen LogP contribution in [0.25, 0.3) is 43.2 Å². The summed E-state index contributed by atoms with van der Waals surface area (Å²) < 4.78 is 0. The van der Waals surface area contributed by atoms with E-state index in [1.54, 1.807) is 0 Å². The lowest BCUT2D eigenvalue weighted by Gasteiger charge is -2.09. The van der Waals surface area contributed by atoms with Gasteiger partial charge in [0, 0.05) is 17.0 Å². The van der Waals surface area contributed by atoms with Crippen LogP contribution in [0.2, 0.25) is 0 Å². The van der Waals surface area contributed by atoms with E-state index >= 15 is 0 Å². The Hall–Kier alpha value is -2.93. The van der Waals surface area contributed by atoms with E-state index in [4.69, 9.17) is 4.98 Å². The van der Waals surface area contributed by atoms with E-state index in [1.807, 2.05) is 6.20 Å². The van der Waals surface area contributed by atoms with E-state index in [2.05, 4.69) is 72.8 Å². The maximum absolute atomic E-state index is 4.71. The minimum Gasteiger partial charge on any atom is -0.256 e. The molecule has 0 bridgehead atoms. The van der Waals surface area contributed by atoms with Crippen LogP contribution >= 0.6 is 0 Å². The lowest BCUT2D eigenvalue weighted by Crippen LogP contribution is -1.85. The van der Waals surface area contributed by atoms with Crippen LogP contribution in [0.3, 0.4) is 0 Å². The Morgan fingerprint density at radius 1 is 0.500 bits per heavy atom. The second-order valence-electron chi connectivity index (χ2n) is 5.69. The fraction of sp³-hybridized carbons (Fsp3) is 0. The van der Waals surface area contributed by atoms with Crippen molar-refractivity contribution in [2.45, 2.75) is 0 Å². The molecule has 0 saturated heterocycles. The molecular formula is C21H13N. The first-order valence-corrected chi connectivity index (χ1v) is 7.50. The van der Waals surface area contributed by atoms with Crippen molar-refractivity contribution in [2.75, 3.05) is 0 Å². The standard InChI is InChI=1S/C21H13N/c1-3-7-16-14(5-1)9-11-18-19(16)13-22-20-12-10-15-6-2-4-8-17(15)21(18)20/h1-13H. The van der Waals surface area contributed by atoms with Crippen LogP contribution < -0.4 is 0 Å². The summed E-state index contributed by atoms with van der Waals surface area (Å²) in [6.07, 6.45) is 2.01. The summed E-state index contributed by atoms with van der Waals surface area (Å²) in [5.41, 5.74) is 1.06. The molecule has 0 saturated carbocycles. The maximum Gasteiger partial charge on any atom is 0.0714 e. The number of fused-ring (bicyclic) bond motifs is 7. The van der Waals surface area contributed by atoms with Gasteiger partial charge in [-0.3, -0.25) is 4.98 Å². The second-order valence-corrected chi connectivity index (χ2v) is 5.69. The molecule has 102 valence electrons. The van der Waals surface area contributed by atoms with Gasteiger partial charge >= 0.3 is 0 Å². The monoisotopic (exact) mass is 279 g/mol. The van der Waals surface area contributed by atoms with E-state index in [-0.39, 0.29) is 0 Å². The van der Waals surface area contributed by atoms with E-state index in [9.17, 15) is 0 Å². The van der Waals surface area contributed by atoms with E-state index in [1.165, 1.54) is 37.7 Å². The first-order chi connectivity index (χ1) is 10.9. The highest BCUT2D eigenvalue weighted by Crippen LogP contribution is 2.33. The lowest BCUT2D eigenvalue weighted by molar-refractivity contribution is 1.46. The number of hydrogen-bond donors (Lipinski definition) is 0. The minimum absolute atomic E-state index is 1.06. The fourth-order valence-electron chi connectivity index (χ4n) is 3.44. The highest BCUT2D eigenvalue weighted by Gasteiger charge is 2.08. The Labute approximate surface area is 127 Å². The molecule has 5 rings (SSSR count). The van der Waals surface area contributed by atoms with Gasteiger partial charge in [0.05, 0.1) is 5.52 Å². The van der Waals surface area contributed by atoms with E-state index in [0.29, 0.717) is 0 Å². The van der Waals surface area contributed by atoms with Crippen molar-refractivity contribution in [3.8, 4) is 0 Å². The molecule has 1 nitrogen and oxygen atoms in total. The van der Waals surface area contributed by atoms with Crippen LogP contribution in [0.1, 0.15) is 0 Å². The highest BCUT2D eigenvalue weighted by molar-refractivity contribution is 6.23. The Morgan fingerprint density at radius 2 is 1.18 bits per heavy atom. The van der Waals surface area contributed by atoms with Gasteiger partial charge in [0.2, 0.25) is 0 Å². The molecule has 1 heterocycles. The van der Waals surface area contributed by atoms with Gasteiger partial charge in [0.1, 0.15) is 0 Å². The molecule has 0 aliphatic carbocycles. The summed E-state index contributed by atoms with van der Waals surface area (Å²) in [6.45, 7) is 0. The molecule has 0 unspecified atom stereocenters. The van der Waals surface area contributed by atoms with Crippen LogP contribution in [-0.2, 0) is 0 Å². The highest BCUT2D eigenvalue weighted by atomic mass is 14.6. The number of benzene rings is 4. The predicted octanol–water partition coefficient (Wildman–Crippen LogP) is 5.69. The number of rotatable bonds is 0. The van der Waals surface area contributed by atoms with Gasteiger partial charge in [0.15, 0.2) is 0 Å². The van der Waals surface area contributed by atoms with Gasteiger partial charge in [-0.15, -0.1) is 0 Å². The fourth-order valence-corrected chi connectivity index (χ4v) is 3.44. The van der Waals surface area contributed by atoms with Crippen molar-refractivity contribution in [3.63, 3.8) is 0 Å². The zero-order valence-electron chi connectivity index (χ0n) is 12.0. The SMILES string of the molecule is c1ccc2c(c1)ccc1c2cnc2ccc3ccccc3c21. The summed E-state index contributed by atoms with van der Waals surface area (Å²) in [4.78, 5) is 4.71. The van der Waals surface area contributed by atoms with E-state index in [0.717, 1.165) is 5.52 Å². The normalized spacial score (nSPS) is 11.6. The molecule has 0 N–H and O–H groups in total. The van der Waals surface area contributed by atoms with Gasteiger partial charge < -0.3 is 0 Å². The first-order valence-electron chi connectivity index (χ1n) is 7.50. The van der Waals surface area contributed by atoms with E-state index < -0.39 is 0 Å². The number of pyridine rings is 1. The van der Waals surface area contributed by atoms with Crippen LogP contribution in [0.5, 0.6) is 0 Å². The quantitative estimate of drug-likeness (QED) is 0.332. The van der Waals surface area contributed by atoms with Crippen LogP contribution in [0, 0.1) is 0 Å². The van der Waals surface area contributed by atoms with Crippen molar-refractivity contribution < 1.29 is 0 Å². The largest absolute Gasteiger partial charge is 0.256 e. The zero-order chi connectivity index (χ0) is 14.5. The number of hydrogen-bond acceptors (Lipinski definition) is 1. The second kappa shape index (κ2) is 4.28. The number of nitrogens with zero attached hydrogens (tertiary/aromatic N) is 1. The summed E-state index contributed by atoms with van der Waals surface area (Å²) in [5, 5.41) is 8.81. The molecule has 22 heavy (non-hydrogen) atoms. The predicted molar refractivity (Wildman–Crippen MR) is 94.3 cm³/mol. The zero-order valence-corrected chi connectivity index (χ0v) is 12.0. The summed E-state index contributed by atoms with van der Waals surface area (Å²) >= 11 is 0. The Morgan fingerprint density at radius 3 is 2.05 bits per heavy atom. The van der Waals surface area contributed by atoms with Gasteiger partial charge in [0.25, 0.3) is 0 Å². The third-order valence-electron chi connectivity index (χ3n) is 4.48. The Balaban J connectivity index is 2.11. The average Bonchev–Trinajstić information content (AvgIpc) is 2.60. The topological polar surface area (TPSA) is 12.9 Å². The molecule has 0 aliphatic heterocycles. The van der Waals surface area contributed by atoms with Gasteiger partial charge in [-0.1, -0.05) is 66.7 Å². The summed E-state index contributed by atoms with van der Waals surface area (Å²) in [6, 6.07) is 25.7. The smallest absolute Gasteiger partial charge is 0.0714 e. The van der Waals surface area contributed by atoms with Crippen LogP contribution in [0.15, 0.2) is 79.0 Å². The molecule has 1 heteroatoms. The van der Waals surface area contributed by atoms with Crippen LogP contribution in [-0.4, -0.2) is 4.98 Å². The number of aromatic nitrogens is 1. The average molecular weight is 279 g/mol. The molecule has 0 atom stereocenters. The van der Waals surface area contributed by atoms with Gasteiger partial charge in [-0.2, -0.15) is 0 Å². The van der Waals surface area contributed by atoms with Crippen molar-refractivity contribution in [1.29, 1.82) is 0 Å². The third-order valence-corrected chi connectivity index (χ3v) is 4.48. The van der Waals surface area contributed by atoms with Crippen LogP contribution in [0.4, 0.5) is 0 Å². The molecule has 0 spiro atoms. The minimum atomic E-state index is 1.06. The summed E-state index contributed by atoms with van der Waals surface area (Å²) in [7, 11) is 0. The lowest BCUT2D eigenvalue weighted by atomic mass is 9.97. The molecule has 1 aromatic heterocycles. The van der Waals surface area contributed by atoms with Crippen molar-refractivity contribution >= 4 is 43.2 Å². The summed E-state index contributed by atoms with van der Waals surface area (Å²) in [5.74, 6) is 0. The Bertz CT molecular complexity index is 1170. The first kappa shape index (κ1) is 11.7. The van der Waals surface area contributed by atoms with Crippen molar-refractivity contribution in [3.05, 3.63) is 79.0 Å². The molecule has 4 aromatic carbocycles. The Kier molecular flexibility index (Phi) is 2.28. The molecular weight excluding hydrogens is 266 g/mol. The van der Waals surface area contributed by atoms with Gasteiger partial charge in [-0.25, -0.2) is 0 Å².